The second-order valence-electron chi connectivity index (χ2n) is 3.21. The third-order valence-corrected chi connectivity index (χ3v) is 2.95. The van der Waals surface area contributed by atoms with Crippen molar-refractivity contribution in [1.82, 2.24) is 5.32 Å². The summed E-state index contributed by atoms with van der Waals surface area (Å²) in [6.45, 7) is 3.59. The molecular formula is C7H14Cl2N2. The SMILES string of the molecule is C[C@@H](CN)NCC1CC1(Cl)Cl. The molecule has 3 N–H and O–H groups in total. The maximum atomic E-state index is 5.83. The molecule has 0 aromatic carbocycles. The van der Waals surface area contributed by atoms with Crippen LogP contribution in [0.1, 0.15) is 13.3 Å². The van der Waals surface area contributed by atoms with Gasteiger partial charge in [0.15, 0.2) is 0 Å². The van der Waals surface area contributed by atoms with Crippen molar-refractivity contribution in [3.05, 3.63) is 0 Å². The molecule has 0 amide bonds. The van der Waals surface area contributed by atoms with Crippen LogP contribution in [0.3, 0.4) is 0 Å². The molecule has 1 aliphatic rings. The zero-order valence-electron chi connectivity index (χ0n) is 6.61. The van der Waals surface area contributed by atoms with E-state index >= 15 is 0 Å². The summed E-state index contributed by atoms with van der Waals surface area (Å²) in [6, 6.07) is 0.361. The zero-order chi connectivity index (χ0) is 8.48. The molecule has 66 valence electrons. The highest BCUT2D eigenvalue weighted by atomic mass is 35.5. The maximum Gasteiger partial charge on any atom is 0.122 e. The van der Waals surface area contributed by atoms with Crippen LogP contribution < -0.4 is 11.1 Å². The Morgan fingerprint density at radius 1 is 1.73 bits per heavy atom. The number of nitrogens with one attached hydrogen (secondary N) is 1. The lowest BCUT2D eigenvalue weighted by Gasteiger charge is -2.10. The predicted molar refractivity (Wildman–Crippen MR) is 49.1 cm³/mol. The van der Waals surface area contributed by atoms with Gasteiger partial charge in [-0.2, -0.15) is 0 Å². The molecule has 0 heterocycles. The van der Waals surface area contributed by atoms with Crippen molar-refractivity contribution in [3.8, 4) is 0 Å². The van der Waals surface area contributed by atoms with E-state index in [4.69, 9.17) is 28.9 Å². The molecule has 0 aromatic rings. The summed E-state index contributed by atoms with van der Waals surface area (Å²) in [5.74, 6) is 0.417. The van der Waals surface area contributed by atoms with Crippen LogP contribution in [0.25, 0.3) is 0 Å². The van der Waals surface area contributed by atoms with Gasteiger partial charge in [0.1, 0.15) is 4.33 Å². The third-order valence-electron chi connectivity index (χ3n) is 2.02. The number of hydrogen-bond donors (Lipinski definition) is 2. The van der Waals surface area contributed by atoms with Gasteiger partial charge in [-0.15, -0.1) is 23.2 Å². The van der Waals surface area contributed by atoms with E-state index in [0.717, 1.165) is 13.0 Å². The molecule has 1 unspecified atom stereocenters. The van der Waals surface area contributed by atoms with Crippen molar-refractivity contribution >= 4 is 23.2 Å². The maximum absolute atomic E-state index is 5.83. The largest absolute Gasteiger partial charge is 0.329 e. The molecule has 11 heavy (non-hydrogen) atoms. The minimum Gasteiger partial charge on any atom is -0.329 e. The van der Waals surface area contributed by atoms with Crippen LogP contribution in [-0.4, -0.2) is 23.5 Å². The topological polar surface area (TPSA) is 38.0 Å². The van der Waals surface area contributed by atoms with Crippen LogP contribution in [0.15, 0.2) is 0 Å². The Labute approximate surface area is 77.4 Å². The first-order valence-electron chi connectivity index (χ1n) is 3.87. The second-order valence-corrected chi connectivity index (χ2v) is 4.75. The van der Waals surface area contributed by atoms with Gasteiger partial charge < -0.3 is 11.1 Å². The molecule has 1 saturated carbocycles. The van der Waals surface area contributed by atoms with Crippen LogP contribution in [0.4, 0.5) is 0 Å². The minimum atomic E-state index is -0.457. The highest BCUT2D eigenvalue weighted by Gasteiger charge is 2.51. The highest BCUT2D eigenvalue weighted by Crippen LogP contribution is 2.52. The zero-order valence-corrected chi connectivity index (χ0v) is 8.12. The Kier molecular flexibility index (Phi) is 3.03. The van der Waals surface area contributed by atoms with Gasteiger partial charge in [0.25, 0.3) is 0 Å². The molecule has 1 rings (SSSR count). The number of halogens is 2. The van der Waals surface area contributed by atoms with Crippen molar-refractivity contribution in [2.45, 2.75) is 23.7 Å². The molecule has 1 aliphatic carbocycles. The Balaban J connectivity index is 2.06. The monoisotopic (exact) mass is 196 g/mol. The van der Waals surface area contributed by atoms with Crippen molar-refractivity contribution in [3.63, 3.8) is 0 Å². The Bertz CT molecular complexity index is 138. The van der Waals surface area contributed by atoms with Gasteiger partial charge in [0.2, 0.25) is 0 Å². The average molecular weight is 197 g/mol. The van der Waals surface area contributed by atoms with Crippen LogP contribution in [-0.2, 0) is 0 Å². The fourth-order valence-corrected chi connectivity index (χ4v) is 1.44. The first-order chi connectivity index (χ1) is 5.06. The minimum absolute atomic E-state index is 0.361. The molecule has 0 bridgehead atoms. The van der Waals surface area contributed by atoms with E-state index in [0.29, 0.717) is 18.5 Å². The molecule has 0 aromatic heterocycles. The van der Waals surface area contributed by atoms with E-state index in [9.17, 15) is 0 Å². The Hall–Kier alpha value is 0.500. The molecule has 0 radical (unpaired) electrons. The molecule has 0 aliphatic heterocycles. The van der Waals surface area contributed by atoms with Gasteiger partial charge in [-0.25, -0.2) is 0 Å². The van der Waals surface area contributed by atoms with E-state index in [2.05, 4.69) is 5.32 Å². The molecular weight excluding hydrogens is 183 g/mol. The van der Waals surface area contributed by atoms with Crippen LogP contribution in [0.5, 0.6) is 0 Å². The molecule has 2 nitrogen and oxygen atoms in total. The molecule has 4 heteroatoms. The summed E-state index contributed by atoms with van der Waals surface area (Å²) < 4.78 is -0.457. The molecule has 1 fully saturated rings. The fraction of sp³-hybridized carbons (Fsp3) is 1.00. The van der Waals surface area contributed by atoms with Gasteiger partial charge in [0, 0.05) is 25.0 Å². The standard InChI is InChI=1S/C7H14Cl2N2/c1-5(3-10)11-4-6-2-7(6,8)9/h5-6,11H,2-4,10H2,1H3/t5-,6?/m0/s1. The summed E-state index contributed by atoms with van der Waals surface area (Å²) in [7, 11) is 0. The number of rotatable bonds is 4. The summed E-state index contributed by atoms with van der Waals surface area (Å²) in [4.78, 5) is 0. The molecule has 2 atom stereocenters. The predicted octanol–water partition coefficient (Wildman–Crippen LogP) is 1.12. The lowest BCUT2D eigenvalue weighted by atomic mass is 10.3. The molecule has 0 spiro atoms. The van der Waals surface area contributed by atoms with Crippen LogP contribution >= 0.6 is 23.2 Å². The lowest BCUT2D eigenvalue weighted by Crippen LogP contribution is -2.35. The van der Waals surface area contributed by atoms with Crippen LogP contribution in [0.2, 0.25) is 0 Å². The van der Waals surface area contributed by atoms with E-state index in [1.807, 2.05) is 6.92 Å². The normalized spacial score (nSPS) is 30.0. The quantitative estimate of drug-likeness (QED) is 0.662. The summed E-state index contributed by atoms with van der Waals surface area (Å²) in [6.07, 6.45) is 0.903. The van der Waals surface area contributed by atoms with Crippen molar-refractivity contribution in [1.29, 1.82) is 0 Å². The van der Waals surface area contributed by atoms with Crippen molar-refractivity contribution in [2.24, 2.45) is 11.7 Å². The van der Waals surface area contributed by atoms with E-state index < -0.39 is 4.33 Å². The van der Waals surface area contributed by atoms with Gasteiger partial charge in [-0.1, -0.05) is 0 Å². The van der Waals surface area contributed by atoms with Gasteiger partial charge in [-0.05, 0) is 13.3 Å². The highest BCUT2D eigenvalue weighted by molar-refractivity contribution is 6.50. The molecule has 0 saturated heterocycles. The smallest absolute Gasteiger partial charge is 0.122 e. The first-order valence-corrected chi connectivity index (χ1v) is 4.63. The van der Waals surface area contributed by atoms with Crippen molar-refractivity contribution < 1.29 is 0 Å². The number of hydrogen-bond acceptors (Lipinski definition) is 2. The number of nitrogens with two attached hydrogens (primary N) is 1. The number of alkyl halides is 2. The summed E-state index contributed by atoms with van der Waals surface area (Å²) >= 11 is 11.7. The second kappa shape index (κ2) is 3.48. The lowest BCUT2D eigenvalue weighted by molar-refractivity contribution is 0.533. The Morgan fingerprint density at radius 3 is 2.64 bits per heavy atom. The average Bonchev–Trinajstić information content (AvgIpc) is 2.54. The van der Waals surface area contributed by atoms with E-state index in [1.165, 1.54) is 0 Å². The first kappa shape index (κ1) is 9.59. The Morgan fingerprint density at radius 2 is 2.27 bits per heavy atom. The van der Waals surface area contributed by atoms with Gasteiger partial charge in [-0.3, -0.25) is 0 Å². The van der Waals surface area contributed by atoms with Gasteiger partial charge >= 0.3 is 0 Å². The van der Waals surface area contributed by atoms with Crippen LogP contribution in [0, 0.1) is 5.92 Å². The van der Waals surface area contributed by atoms with E-state index in [-0.39, 0.29) is 0 Å². The fourth-order valence-electron chi connectivity index (χ4n) is 0.918. The summed E-state index contributed by atoms with van der Waals surface area (Å²) in [5, 5.41) is 3.26. The van der Waals surface area contributed by atoms with Crippen molar-refractivity contribution in [2.75, 3.05) is 13.1 Å². The third kappa shape index (κ3) is 2.79. The summed E-state index contributed by atoms with van der Waals surface area (Å²) in [5.41, 5.74) is 5.42. The van der Waals surface area contributed by atoms with Gasteiger partial charge in [0.05, 0.1) is 0 Å². The van der Waals surface area contributed by atoms with E-state index in [1.54, 1.807) is 0 Å².